The second-order valence-electron chi connectivity index (χ2n) is 5.27. The molecule has 0 amide bonds. The fraction of sp³-hybridized carbons (Fsp3) is 0.412. The number of benzene rings is 1. The lowest BCUT2D eigenvalue weighted by atomic mass is 9.84. The Balaban J connectivity index is 1.92. The van der Waals surface area contributed by atoms with Crippen molar-refractivity contribution in [3.05, 3.63) is 52.2 Å². The van der Waals surface area contributed by atoms with Gasteiger partial charge in [0.15, 0.2) is 0 Å². The smallest absolute Gasteiger partial charge is 0.122 e. The normalized spacial score (nSPS) is 19.1. The van der Waals surface area contributed by atoms with Gasteiger partial charge in [-0.15, -0.1) is 0 Å². The minimum absolute atomic E-state index is 0.395. The maximum absolute atomic E-state index is 5.80. The Labute approximate surface area is 124 Å². The number of ether oxygens (including phenoxy) is 1. The van der Waals surface area contributed by atoms with Crippen LogP contribution >= 0.6 is 11.3 Å². The summed E-state index contributed by atoms with van der Waals surface area (Å²) in [7, 11) is 0. The predicted octanol–water partition coefficient (Wildman–Crippen LogP) is 4.36. The number of hydrogen-bond acceptors (Lipinski definition) is 3. The van der Waals surface area contributed by atoms with Crippen LogP contribution in [-0.2, 0) is 0 Å². The minimum Gasteiger partial charge on any atom is -0.493 e. The van der Waals surface area contributed by atoms with E-state index in [0.717, 1.165) is 31.7 Å². The zero-order chi connectivity index (χ0) is 13.8. The van der Waals surface area contributed by atoms with Crippen LogP contribution in [0.2, 0.25) is 0 Å². The average molecular weight is 287 g/mol. The lowest BCUT2D eigenvalue weighted by Crippen LogP contribution is -2.30. The molecule has 2 aromatic rings. The van der Waals surface area contributed by atoms with Gasteiger partial charge in [0.1, 0.15) is 5.75 Å². The summed E-state index contributed by atoms with van der Waals surface area (Å²) >= 11 is 1.78. The van der Waals surface area contributed by atoms with Crippen molar-refractivity contribution in [1.82, 2.24) is 5.32 Å². The first-order valence-electron chi connectivity index (χ1n) is 7.37. The van der Waals surface area contributed by atoms with E-state index in [2.05, 4.69) is 53.3 Å². The van der Waals surface area contributed by atoms with Crippen molar-refractivity contribution in [2.24, 2.45) is 0 Å². The van der Waals surface area contributed by atoms with Gasteiger partial charge in [-0.3, -0.25) is 0 Å². The Morgan fingerprint density at radius 3 is 3.05 bits per heavy atom. The molecule has 1 aromatic carbocycles. The van der Waals surface area contributed by atoms with Crippen LogP contribution in [0.15, 0.2) is 41.1 Å². The third kappa shape index (κ3) is 2.74. The number of rotatable bonds is 5. The van der Waals surface area contributed by atoms with E-state index in [4.69, 9.17) is 4.74 Å². The molecule has 1 aliphatic heterocycles. The molecule has 0 fully saturated rings. The standard InChI is InChI=1S/C17H21NOS/c1-2-9-18-17(13-8-11-20-12-13)15-7-10-19-16-6-4-3-5-14(15)16/h3-6,8,11-12,15,17-18H,2,7,9-10H2,1H3. The lowest BCUT2D eigenvalue weighted by molar-refractivity contribution is 0.246. The van der Waals surface area contributed by atoms with Gasteiger partial charge >= 0.3 is 0 Å². The van der Waals surface area contributed by atoms with E-state index in [1.54, 1.807) is 11.3 Å². The zero-order valence-corrected chi connectivity index (χ0v) is 12.7. The molecule has 106 valence electrons. The van der Waals surface area contributed by atoms with E-state index < -0.39 is 0 Å². The third-order valence-corrected chi connectivity index (χ3v) is 4.63. The third-order valence-electron chi connectivity index (χ3n) is 3.92. The van der Waals surface area contributed by atoms with Crippen LogP contribution in [0.1, 0.15) is 42.9 Å². The molecule has 0 spiro atoms. The quantitative estimate of drug-likeness (QED) is 0.882. The summed E-state index contributed by atoms with van der Waals surface area (Å²) in [6, 6.07) is 11.1. The highest BCUT2D eigenvalue weighted by Gasteiger charge is 2.29. The van der Waals surface area contributed by atoms with Gasteiger partial charge in [-0.2, -0.15) is 11.3 Å². The van der Waals surface area contributed by atoms with Crippen LogP contribution in [0, 0.1) is 0 Å². The van der Waals surface area contributed by atoms with Crippen molar-refractivity contribution in [2.75, 3.05) is 13.2 Å². The molecule has 0 aliphatic carbocycles. The van der Waals surface area contributed by atoms with Crippen molar-refractivity contribution >= 4 is 11.3 Å². The van der Waals surface area contributed by atoms with Crippen molar-refractivity contribution in [2.45, 2.75) is 31.7 Å². The van der Waals surface area contributed by atoms with Crippen LogP contribution in [0.3, 0.4) is 0 Å². The van der Waals surface area contributed by atoms with E-state index in [-0.39, 0.29) is 0 Å². The topological polar surface area (TPSA) is 21.3 Å². The van der Waals surface area contributed by atoms with E-state index >= 15 is 0 Å². The summed E-state index contributed by atoms with van der Waals surface area (Å²) in [6.07, 6.45) is 2.24. The van der Waals surface area contributed by atoms with Crippen molar-refractivity contribution in [3.8, 4) is 5.75 Å². The highest BCUT2D eigenvalue weighted by Crippen LogP contribution is 2.41. The van der Waals surface area contributed by atoms with Crippen molar-refractivity contribution in [1.29, 1.82) is 0 Å². The first-order chi connectivity index (χ1) is 9.90. The Bertz CT molecular complexity index is 538. The Morgan fingerprint density at radius 2 is 2.25 bits per heavy atom. The van der Waals surface area contributed by atoms with Crippen LogP contribution in [0.4, 0.5) is 0 Å². The summed E-state index contributed by atoms with van der Waals surface area (Å²) in [5.41, 5.74) is 2.75. The van der Waals surface area contributed by atoms with Crippen molar-refractivity contribution in [3.63, 3.8) is 0 Å². The molecule has 2 heterocycles. The highest BCUT2D eigenvalue weighted by atomic mass is 32.1. The first kappa shape index (κ1) is 13.7. The number of nitrogens with one attached hydrogen (secondary N) is 1. The molecule has 3 rings (SSSR count). The van der Waals surface area contributed by atoms with Crippen LogP contribution in [-0.4, -0.2) is 13.2 Å². The van der Waals surface area contributed by atoms with Crippen molar-refractivity contribution < 1.29 is 4.74 Å². The SMILES string of the molecule is CCCNC(c1ccsc1)C1CCOc2ccccc21. The number of hydrogen-bond donors (Lipinski definition) is 1. The van der Waals surface area contributed by atoms with Gasteiger partial charge in [-0.25, -0.2) is 0 Å². The molecule has 2 nitrogen and oxygen atoms in total. The summed E-state index contributed by atoms with van der Waals surface area (Å²) in [6.45, 7) is 4.09. The van der Waals surface area contributed by atoms with E-state index in [1.807, 2.05) is 0 Å². The Kier molecular flexibility index (Phi) is 4.38. The van der Waals surface area contributed by atoms with Gasteiger partial charge in [0.25, 0.3) is 0 Å². The predicted molar refractivity (Wildman–Crippen MR) is 84.6 cm³/mol. The molecular weight excluding hydrogens is 266 g/mol. The fourth-order valence-electron chi connectivity index (χ4n) is 2.96. The largest absolute Gasteiger partial charge is 0.493 e. The summed E-state index contributed by atoms with van der Waals surface area (Å²) in [5, 5.41) is 8.17. The molecule has 0 saturated carbocycles. The zero-order valence-electron chi connectivity index (χ0n) is 11.8. The van der Waals surface area contributed by atoms with E-state index in [9.17, 15) is 0 Å². The molecule has 1 aliphatic rings. The minimum atomic E-state index is 0.395. The maximum atomic E-state index is 5.80. The van der Waals surface area contributed by atoms with E-state index in [0.29, 0.717) is 12.0 Å². The van der Waals surface area contributed by atoms with E-state index in [1.165, 1.54) is 11.1 Å². The van der Waals surface area contributed by atoms with Gasteiger partial charge in [0.05, 0.1) is 6.61 Å². The van der Waals surface area contributed by atoms with Crippen LogP contribution in [0.25, 0.3) is 0 Å². The molecule has 20 heavy (non-hydrogen) atoms. The summed E-state index contributed by atoms with van der Waals surface area (Å²) in [4.78, 5) is 0. The van der Waals surface area contributed by atoms with Gasteiger partial charge in [0.2, 0.25) is 0 Å². The molecular formula is C17H21NOS. The molecule has 2 atom stereocenters. The van der Waals surface area contributed by atoms with Gasteiger partial charge in [0, 0.05) is 12.0 Å². The Morgan fingerprint density at radius 1 is 1.35 bits per heavy atom. The number of para-hydroxylation sites is 1. The molecule has 2 unspecified atom stereocenters. The van der Waals surface area contributed by atoms with Gasteiger partial charge < -0.3 is 10.1 Å². The highest BCUT2D eigenvalue weighted by molar-refractivity contribution is 7.07. The molecule has 0 saturated heterocycles. The molecule has 3 heteroatoms. The molecule has 0 bridgehead atoms. The second-order valence-corrected chi connectivity index (χ2v) is 6.05. The van der Waals surface area contributed by atoms with Gasteiger partial charge in [-0.05, 0) is 53.4 Å². The Hall–Kier alpha value is -1.32. The lowest BCUT2D eigenvalue weighted by Gasteiger charge is -2.33. The monoisotopic (exact) mass is 287 g/mol. The maximum Gasteiger partial charge on any atom is 0.122 e. The van der Waals surface area contributed by atoms with Crippen LogP contribution in [0.5, 0.6) is 5.75 Å². The number of thiophene rings is 1. The summed E-state index contributed by atoms with van der Waals surface area (Å²) in [5.74, 6) is 1.56. The fourth-order valence-corrected chi connectivity index (χ4v) is 3.66. The molecule has 1 aromatic heterocycles. The average Bonchev–Trinajstić information content (AvgIpc) is 3.02. The first-order valence-corrected chi connectivity index (χ1v) is 8.31. The number of fused-ring (bicyclic) bond motifs is 1. The summed E-state index contributed by atoms with van der Waals surface area (Å²) < 4.78 is 5.80. The van der Waals surface area contributed by atoms with Gasteiger partial charge in [-0.1, -0.05) is 25.1 Å². The second kappa shape index (κ2) is 6.42. The van der Waals surface area contributed by atoms with Crippen LogP contribution < -0.4 is 10.1 Å². The molecule has 0 radical (unpaired) electrons. The molecule has 1 N–H and O–H groups in total.